The Kier molecular flexibility index (Phi) is 4.88. The lowest BCUT2D eigenvalue weighted by molar-refractivity contribution is 0.483. The first-order chi connectivity index (χ1) is 14.7. The van der Waals surface area contributed by atoms with Gasteiger partial charge in [-0.25, -0.2) is 0 Å². The minimum Gasteiger partial charge on any atom is -0.457 e. The zero-order chi connectivity index (χ0) is 20.5. The molecule has 1 aliphatic heterocycles. The van der Waals surface area contributed by atoms with Crippen molar-refractivity contribution in [3.8, 4) is 11.5 Å². The van der Waals surface area contributed by atoms with Crippen LogP contribution in [0.3, 0.4) is 0 Å². The number of nitrogens with zero attached hydrogens (tertiary/aromatic N) is 2. The maximum Gasteiger partial charge on any atom is 0.128 e. The van der Waals surface area contributed by atoms with E-state index in [4.69, 9.17) is 9.72 Å². The number of para-hydroxylation sites is 1. The molecule has 0 N–H and O–H groups in total. The Hall–Kier alpha value is -3.33. The van der Waals surface area contributed by atoms with Crippen LogP contribution in [-0.4, -0.2) is 18.1 Å². The molecule has 2 heterocycles. The number of aryl methyl sites for hydroxylation is 1. The van der Waals surface area contributed by atoms with Crippen LogP contribution in [0.5, 0.6) is 11.5 Å². The molecule has 3 nitrogen and oxygen atoms in total. The highest BCUT2D eigenvalue weighted by Crippen LogP contribution is 2.39. The molecule has 0 radical (unpaired) electrons. The lowest BCUT2D eigenvalue weighted by Gasteiger charge is -2.25. The summed E-state index contributed by atoms with van der Waals surface area (Å²) in [6, 6.07) is 27.0. The first-order valence-corrected chi connectivity index (χ1v) is 10.6. The Labute approximate surface area is 178 Å². The highest BCUT2D eigenvalue weighted by molar-refractivity contribution is 5.96. The number of benzene rings is 3. The van der Waals surface area contributed by atoms with Crippen LogP contribution >= 0.6 is 0 Å². The van der Waals surface area contributed by atoms with E-state index < -0.39 is 0 Å². The summed E-state index contributed by atoms with van der Waals surface area (Å²) < 4.78 is 6.12. The summed E-state index contributed by atoms with van der Waals surface area (Å²) in [5, 5.41) is 1.18. The van der Waals surface area contributed by atoms with Gasteiger partial charge in [-0.05, 0) is 60.7 Å². The SMILES string of the molecule is Cc1nc2ccc(Oc3ccccc3)cc2c2c1CCN2CC(C)c1ccccc1. The maximum absolute atomic E-state index is 6.12. The zero-order valence-electron chi connectivity index (χ0n) is 17.5. The first-order valence-electron chi connectivity index (χ1n) is 10.6. The average Bonchev–Trinajstić information content (AvgIpc) is 3.20. The van der Waals surface area contributed by atoms with Gasteiger partial charge in [0, 0.05) is 24.2 Å². The molecule has 1 atom stereocenters. The molecule has 0 aliphatic carbocycles. The van der Waals surface area contributed by atoms with Crippen molar-refractivity contribution in [3.63, 3.8) is 0 Å². The molecular weight excluding hydrogens is 368 g/mol. The largest absolute Gasteiger partial charge is 0.457 e. The van der Waals surface area contributed by atoms with E-state index in [0.717, 1.165) is 42.2 Å². The molecule has 1 aromatic heterocycles. The topological polar surface area (TPSA) is 25.4 Å². The molecule has 1 unspecified atom stereocenters. The van der Waals surface area contributed by atoms with E-state index in [1.807, 2.05) is 36.4 Å². The van der Waals surface area contributed by atoms with Gasteiger partial charge in [0.05, 0.1) is 11.2 Å². The van der Waals surface area contributed by atoms with Crippen LogP contribution in [0.15, 0.2) is 78.9 Å². The molecular formula is C27H26N2O. The lowest BCUT2D eigenvalue weighted by Crippen LogP contribution is -2.25. The first kappa shape index (κ1) is 18.7. The van der Waals surface area contributed by atoms with Crippen molar-refractivity contribution < 1.29 is 4.74 Å². The Bertz CT molecular complexity index is 1170. The van der Waals surface area contributed by atoms with Crippen LogP contribution in [0.1, 0.15) is 29.7 Å². The number of fused-ring (bicyclic) bond motifs is 3. The van der Waals surface area contributed by atoms with Gasteiger partial charge in [0.2, 0.25) is 0 Å². The van der Waals surface area contributed by atoms with Crippen LogP contribution in [0, 0.1) is 6.92 Å². The van der Waals surface area contributed by atoms with E-state index in [0.29, 0.717) is 5.92 Å². The van der Waals surface area contributed by atoms with Gasteiger partial charge in [-0.15, -0.1) is 0 Å². The standard InChI is InChI=1S/C27H26N2O/c1-19(21-9-5-3-6-10-21)18-29-16-15-24-20(2)28-26-14-13-23(17-25(26)27(24)29)30-22-11-7-4-8-12-22/h3-14,17,19H,15-16,18H2,1-2H3. The minimum atomic E-state index is 0.462. The fourth-order valence-electron chi connectivity index (χ4n) is 4.49. The number of ether oxygens (including phenoxy) is 1. The number of rotatable bonds is 5. The summed E-state index contributed by atoms with van der Waals surface area (Å²) in [5.74, 6) is 2.16. The van der Waals surface area contributed by atoms with E-state index in [2.05, 4.69) is 61.2 Å². The van der Waals surface area contributed by atoms with Crippen molar-refractivity contribution in [2.75, 3.05) is 18.0 Å². The van der Waals surface area contributed by atoms with Gasteiger partial charge in [0.1, 0.15) is 11.5 Å². The Morgan fingerprint density at radius 1 is 0.933 bits per heavy atom. The smallest absolute Gasteiger partial charge is 0.128 e. The highest BCUT2D eigenvalue weighted by Gasteiger charge is 2.26. The average molecular weight is 395 g/mol. The van der Waals surface area contributed by atoms with E-state index in [1.165, 1.54) is 22.2 Å². The summed E-state index contributed by atoms with van der Waals surface area (Å²) in [6.07, 6.45) is 1.05. The van der Waals surface area contributed by atoms with Gasteiger partial charge in [0.15, 0.2) is 0 Å². The van der Waals surface area contributed by atoms with Crippen molar-refractivity contribution in [3.05, 3.63) is 95.7 Å². The molecule has 5 rings (SSSR count). The van der Waals surface area contributed by atoms with Crippen molar-refractivity contribution in [1.29, 1.82) is 0 Å². The van der Waals surface area contributed by atoms with Gasteiger partial charge < -0.3 is 9.64 Å². The van der Waals surface area contributed by atoms with Crippen molar-refractivity contribution >= 4 is 16.6 Å². The van der Waals surface area contributed by atoms with Gasteiger partial charge in [-0.3, -0.25) is 4.98 Å². The number of pyridine rings is 1. The lowest BCUT2D eigenvalue weighted by atomic mass is 10.0. The maximum atomic E-state index is 6.12. The van der Waals surface area contributed by atoms with Crippen LogP contribution in [0.2, 0.25) is 0 Å². The van der Waals surface area contributed by atoms with Crippen molar-refractivity contribution in [2.45, 2.75) is 26.2 Å². The molecule has 4 aromatic rings. The van der Waals surface area contributed by atoms with E-state index >= 15 is 0 Å². The number of hydrogen-bond donors (Lipinski definition) is 0. The Morgan fingerprint density at radius 3 is 2.43 bits per heavy atom. The summed E-state index contributed by atoms with van der Waals surface area (Å²) in [6.45, 7) is 6.49. The number of anilines is 1. The second-order valence-electron chi connectivity index (χ2n) is 8.13. The summed E-state index contributed by atoms with van der Waals surface area (Å²) in [7, 11) is 0. The van der Waals surface area contributed by atoms with Crippen molar-refractivity contribution in [1.82, 2.24) is 4.98 Å². The monoisotopic (exact) mass is 394 g/mol. The predicted molar refractivity (Wildman–Crippen MR) is 124 cm³/mol. The molecule has 1 aliphatic rings. The number of hydrogen-bond acceptors (Lipinski definition) is 3. The van der Waals surface area contributed by atoms with Gasteiger partial charge >= 0.3 is 0 Å². The molecule has 0 amide bonds. The molecule has 30 heavy (non-hydrogen) atoms. The third-order valence-electron chi connectivity index (χ3n) is 6.02. The molecule has 0 spiro atoms. The highest BCUT2D eigenvalue weighted by atomic mass is 16.5. The zero-order valence-corrected chi connectivity index (χ0v) is 17.5. The third-order valence-corrected chi connectivity index (χ3v) is 6.02. The molecule has 3 aromatic carbocycles. The summed E-state index contributed by atoms with van der Waals surface area (Å²) >= 11 is 0. The van der Waals surface area contributed by atoms with Gasteiger partial charge in [-0.2, -0.15) is 0 Å². The molecule has 3 heteroatoms. The Morgan fingerprint density at radius 2 is 1.67 bits per heavy atom. The third kappa shape index (κ3) is 3.52. The van der Waals surface area contributed by atoms with Crippen LogP contribution in [0.4, 0.5) is 5.69 Å². The second-order valence-corrected chi connectivity index (χ2v) is 8.13. The molecule has 0 fully saturated rings. The van der Waals surface area contributed by atoms with Crippen LogP contribution in [-0.2, 0) is 6.42 Å². The van der Waals surface area contributed by atoms with E-state index in [9.17, 15) is 0 Å². The molecule has 0 saturated carbocycles. The second kappa shape index (κ2) is 7.83. The summed E-state index contributed by atoms with van der Waals surface area (Å²) in [5.41, 5.74) is 6.27. The van der Waals surface area contributed by atoms with Gasteiger partial charge in [-0.1, -0.05) is 55.5 Å². The Balaban J connectivity index is 1.52. The molecule has 0 bridgehead atoms. The van der Waals surface area contributed by atoms with E-state index in [1.54, 1.807) is 0 Å². The van der Waals surface area contributed by atoms with Crippen molar-refractivity contribution in [2.24, 2.45) is 0 Å². The molecule has 0 saturated heterocycles. The fourth-order valence-corrected chi connectivity index (χ4v) is 4.49. The van der Waals surface area contributed by atoms with Crippen LogP contribution < -0.4 is 9.64 Å². The van der Waals surface area contributed by atoms with E-state index in [-0.39, 0.29) is 0 Å². The predicted octanol–water partition coefficient (Wildman–Crippen LogP) is 6.50. The molecule has 150 valence electrons. The summed E-state index contributed by atoms with van der Waals surface area (Å²) in [4.78, 5) is 7.42. The fraction of sp³-hybridized carbons (Fsp3) is 0.222. The van der Waals surface area contributed by atoms with Gasteiger partial charge in [0.25, 0.3) is 0 Å². The normalized spacial score (nSPS) is 14.0. The minimum absolute atomic E-state index is 0.462. The number of aromatic nitrogens is 1. The van der Waals surface area contributed by atoms with Crippen LogP contribution in [0.25, 0.3) is 10.9 Å². The quantitative estimate of drug-likeness (QED) is 0.386.